The summed E-state index contributed by atoms with van der Waals surface area (Å²) in [6.45, 7) is 0. The molecule has 0 fully saturated rings. The summed E-state index contributed by atoms with van der Waals surface area (Å²) in [6.07, 6.45) is 0. The summed E-state index contributed by atoms with van der Waals surface area (Å²) in [5, 5.41) is 4.27. The Morgan fingerprint density at radius 1 is 0.282 bits per heavy atom. The van der Waals surface area contributed by atoms with E-state index < -0.39 is 8.07 Å². The molecular formula is C38H32Si. The lowest BCUT2D eigenvalue weighted by Crippen LogP contribution is -2.71. The summed E-state index contributed by atoms with van der Waals surface area (Å²) in [5.74, 6) is 0.155. The van der Waals surface area contributed by atoms with Gasteiger partial charge in [-0.1, -0.05) is 182 Å². The Kier molecular flexibility index (Phi) is 7.33. The lowest BCUT2D eigenvalue weighted by molar-refractivity contribution is 0.757. The average molecular weight is 517 g/mol. The topological polar surface area (TPSA) is 0 Å². The van der Waals surface area contributed by atoms with E-state index in [1.54, 1.807) is 0 Å². The highest BCUT2D eigenvalue weighted by Gasteiger charge is 2.50. The molecule has 0 heterocycles. The van der Waals surface area contributed by atoms with Crippen molar-refractivity contribution in [3.63, 3.8) is 0 Å². The van der Waals surface area contributed by atoms with E-state index in [-0.39, 0.29) is 11.5 Å². The average Bonchev–Trinajstić information content (AvgIpc) is 3.04. The van der Waals surface area contributed by atoms with Crippen LogP contribution >= 0.6 is 0 Å². The molecule has 0 spiro atoms. The van der Waals surface area contributed by atoms with E-state index in [4.69, 9.17) is 0 Å². The van der Waals surface area contributed by atoms with E-state index in [0.717, 1.165) is 0 Å². The molecule has 0 radical (unpaired) electrons. The monoisotopic (exact) mass is 516 g/mol. The minimum Gasteiger partial charge on any atom is -0.0624 e. The minimum absolute atomic E-state index is 0.155. The van der Waals surface area contributed by atoms with Gasteiger partial charge < -0.3 is 0 Å². The van der Waals surface area contributed by atoms with Gasteiger partial charge >= 0.3 is 0 Å². The second-order valence-corrected chi connectivity index (χ2v) is 14.1. The Morgan fingerprint density at radius 2 is 0.538 bits per heavy atom. The number of hydrogen-bond donors (Lipinski definition) is 0. The molecule has 188 valence electrons. The normalized spacial score (nSPS) is 12.2. The summed E-state index contributed by atoms with van der Waals surface area (Å²) in [7, 11) is -2.72. The van der Waals surface area contributed by atoms with Gasteiger partial charge in [-0.05, 0) is 32.3 Å². The van der Waals surface area contributed by atoms with Crippen LogP contribution in [0.5, 0.6) is 0 Å². The quantitative estimate of drug-likeness (QED) is 0.147. The third-order valence-electron chi connectivity index (χ3n) is 7.96. The molecular weight excluding hydrogens is 485 g/mol. The highest BCUT2D eigenvalue weighted by atomic mass is 28.3. The van der Waals surface area contributed by atoms with Crippen LogP contribution in [0.2, 0.25) is 0 Å². The maximum atomic E-state index is 2.37. The van der Waals surface area contributed by atoms with Crippen molar-refractivity contribution < 1.29 is 0 Å². The zero-order valence-corrected chi connectivity index (χ0v) is 23.0. The van der Waals surface area contributed by atoms with Gasteiger partial charge in [0.2, 0.25) is 0 Å². The van der Waals surface area contributed by atoms with E-state index in [0.29, 0.717) is 0 Å². The van der Waals surface area contributed by atoms with Crippen LogP contribution in [-0.4, -0.2) is 8.07 Å². The van der Waals surface area contributed by atoms with Crippen molar-refractivity contribution in [2.75, 3.05) is 0 Å². The van der Waals surface area contributed by atoms with Crippen molar-refractivity contribution in [1.29, 1.82) is 0 Å². The smallest absolute Gasteiger partial charge is 0.0624 e. The Labute approximate surface area is 233 Å². The first-order valence-corrected chi connectivity index (χ1v) is 15.8. The number of hydrogen-bond acceptors (Lipinski definition) is 0. The summed E-state index contributed by atoms with van der Waals surface area (Å²) in [6, 6.07) is 67.4. The maximum absolute atomic E-state index is 2.72. The van der Waals surface area contributed by atoms with E-state index in [9.17, 15) is 0 Å². The van der Waals surface area contributed by atoms with Gasteiger partial charge in [0, 0.05) is 11.5 Å². The summed E-state index contributed by atoms with van der Waals surface area (Å²) < 4.78 is 0. The zero-order chi connectivity index (χ0) is 26.3. The Morgan fingerprint density at radius 3 is 0.846 bits per heavy atom. The molecule has 0 bridgehead atoms. The zero-order valence-electron chi connectivity index (χ0n) is 22.0. The van der Waals surface area contributed by atoms with Crippen LogP contribution in [0.25, 0.3) is 0 Å². The molecule has 0 aliphatic heterocycles. The van der Waals surface area contributed by atoms with E-state index in [1.165, 1.54) is 32.3 Å². The number of rotatable bonds is 8. The van der Waals surface area contributed by atoms with Crippen molar-refractivity contribution >= 4 is 23.6 Å². The molecule has 1 unspecified atom stereocenters. The van der Waals surface area contributed by atoms with Gasteiger partial charge in [-0.2, -0.15) is 0 Å². The highest BCUT2D eigenvalue weighted by Crippen LogP contribution is 2.44. The second kappa shape index (κ2) is 11.5. The Bertz CT molecular complexity index is 1430. The summed E-state index contributed by atoms with van der Waals surface area (Å²) in [4.78, 5) is 0. The fourth-order valence-corrected chi connectivity index (χ4v) is 12.2. The third kappa shape index (κ3) is 4.78. The van der Waals surface area contributed by atoms with Crippen LogP contribution in [-0.2, 0) is 0 Å². The van der Waals surface area contributed by atoms with E-state index in [2.05, 4.69) is 182 Å². The van der Waals surface area contributed by atoms with Crippen LogP contribution < -0.4 is 15.6 Å². The Hall–Kier alpha value is -4.46. The van der Waals surface area contributed by atoms with Gasteiger partial charge in [-0.25, -0.2) is 0 Å². The van der Waals surface area contributed by atoms with Crippen LogP contribution in [0.1, 0.15) is 28.1 Å². The molecule has 0 N–H and O–H groups in total. The lowest BCUT2D eigenvalue weighted by Gasteiger charge is -2.45. The molecule has 39 heavy (non-hydrogen) atoms. The molecule has 6 aromatic rings. The molecule has 1 heteroatoms. The van der Waals surface area contributed by atoms with Crippen molar-refractivity contribution in [1.82, 2.24) is 0 Å². The first kappa shape index (κ1) is 24.8. The fraction of sp³-hybridized carbons (Fsp3) is 0.0526. The van der Waals surface area contributed by atoms with Crippen LogP contribution in [0.15, 0.2) is 182 Å². The molecule has 0 amide bonds. The Balaban J connectivity index is 1.79. The molecule has 6 aromatic carbocycles. The second-order valence-electron chi connectivity index (χ2n) is 10.1. The standard InChI is InChI=1S/C38H32Si/c1-7-19-31(20-8-1)37(32-21-9-2-10-22-32)38(33-23-11-3-12-24-33)39(34-25-13-4-14-26-34,35-27-15-5-16-28-35)36-29-17-6-18-30-36/h1-30,37-38H. The largest absolute Gasteiger partial charge is 0.156 e. The van der Waals surface area contributed by atoms with Crippen LogP contribution in [0, 0.1) is 0 Å². The van der Waals surface area contributed by atoms with Gasteiger partial charge in [0.1, 0.15) is 0 Å². The molecule has 6 rings (SSSR count). The van der Waals surface area contributed by atoms with Gasteiger partial charge in [-0.15, -0.1) is 0 Å². The van der Waals surface area contributed by atoms with Crippen LogP contribution in [0.3, 0.4) is 0 Å². The van der Waals surface area contributed by atoms with Crippen molar-refractivity contribution in [3.8, 4) is 0 Å². The predicted molar refractivity (Wildman–Crippen MR) is 168 cm³/mol. The summed E-state index contributed by atoms with van der Waals surface area (Å²) >= 11 is 0. The van der Waals surface area contributed by atoms with Crippen molar-refractivity contribution in [3.05, 3.63) is 199 Å². The summed E-state index contributed by atoms with van der Waals surface area (Å²) in [5.41, 5.74) is 4.25. The minimum atomic E-state index is -2.72. The predicted octanol–water partition coefficient (Wildman–Crippen LogP) is 7.31. The van der Waals surface area contributed by atoms with Crippen molar-refractivity contribution in [2.24, 2.45) is 0 Å². The van der Waals surface area contributed by atoms with Crippen molar-refractivity contribution in [2.45, 2.75) is 11.5 Å². The molecule has 0 nitrogen and oxygen atoms in total. The fourth-order valence-electron chi connectivity index (χ4n) is 6.39. The van der Waals surface area contributed by atoms with Gasteiger partial charge in [-0.3, -0.25) is 0 Å². The highest BCUT2D eigenvalue weighted by molar-refractivity contribution is 7.12. The van der Waals surface area contributed by atoms with Gasteiger partial charge in [0.05, 0.1) is 0 Å². The molecule has 1 atom stereocenters. The van der Waals surface area contributed by atoms with Gasteiger partial charge in [0.25, 0.3) is 0 Å². The molecule has 0 aromatic heterocycles. The SMILES string of the molecule is c1ccc(C(c2ccccc2)C(c2ccccc2)[Si](c2ccccc2)(c2ccccc2)c2ccccc2)cc1. The molecule has 0 saturated heterocycles. The van der Waals surface area contributed by atoms with E-state index >= 15 is 0 Å². The molecule has 0 aliphatic rings. The first-order chi connectivity index (χ1) is 19.4. The maximum Gasteiger partial charge on any atom is 0.156 e. The first-order valence-electron chi connectivity index (χ1n) is 13.7. The van der Waals surface area contributed by atoms with Crippen LogP contribution in [0.4, 0.5) is 0 Å². The number of benzene rings is 6. The van der Waals surface area contributed by atoms with Gasteiger partial charge in [0.15, 0.2) is 8.07 Å². The third-order valence-corrected chi connectivity index (χ3v) is 13.3. The lowest BCUT2D eigenvalue weighted by atomic mass is 9.85. The van der Waals surface area contributed by atoms with E-state index in [1.807, 2.05) is 0 Å². The molecule has 0 aliphatic carbocycles. The molecule has 0 saturated carbocycles.